The van der Waals surface area contributed by atoms with Crippen molar-refractivity contribution < 1.29 is 0 Å². The maximum absolute atomic E-state index is 3.23. The Kier molecular flexibility index (Phi) is 7.88. The van der Waals surface area contributed by atoms with Crippen LogP contribution in [0.5, 0.6) is 0 Å². The molecule has 0 amide bonds. The molecule has 0 nitrogen and oxygen atoms in total. The predicted octanol–water partition coefficient (Wildman–Crippen LogP) is 8.98. The second kappa shape index (κ2) is 10.8. The molecule has 0 fully saturated rings. The molecule has 0 atom stereocenters. The summed E-state index contributed by atoms with van der Waals surface area (Å²) in [5.74, 6) is 6.36. The van der Waals surface area contributed by atoms with Crippen molar-refractivity contribution in [3.8, 4) is 23.0 Å². The summed E-state index contributed by atoms with van der Waals surface area (Å²) in [7, 11) is 0. The Morgan fingerprint density at radius 2 is 1.61 bits per heavy atom. The van der Waals surface area contributed by atoms with Gasteiger partial charge in [-0.05, 0) is 97.0 Å². The van der Waals surface area contributed by atoms with E-state index in [1.165, 1.54) is 33.4 Å². The van der Waals surface area contributed by atoms with Crippen molar-refractivity contribution in [1.29, 1.82) is 0 Å². The zero-order chi connectivity index (χ0) is 22.1. The van der Waals surface area contributed by atoms with E-state index in [1.807, 2.05) is 6.08 Å². The van der Waals surface area contributed by atoms with E-state index in [0.29, 0.717) is 0 Å². The summed E-state index contributed by atoms with van der Waals surface area (Å²) in [6.45, 7) is 8.54. The van der Waals surface area contributed by atoms with Gasteiger partial charge in [-0.1, -0.05) is 78.1 Å². The molecule has 0 spiro atoms. The molecule has 31 heavy (non-hydrogen) atoms. The molecular weight excluding hydrogens is 392 g/mol. The average molecular weight is 423 g/mol. The molecule has 0 aliphatic rings. The Balaban J connectivity index is 1.66. The molecule has 0 saturated heterocycles. The molecule has 2 aromatic carbocycles. The molecule has 3 aromatic rings. The largest absolute Gasteiger partial charge is 0.152 e. The lowest BCUT2D eigenvalue weighted by atomic mass is 9.98. The highest BCUT2D eigenvalue weighted by Crippen LogP contribution is 2.24. The Morgan fingerprint density at radius 1 is 0.903 bits per heavy atom. The first-order valence-corrected chi connectivity index (χ1v) is 11.6. The molecule has 1 heterocycles. The number of hydrogen-bond donors (Lipinski definition) is 0. The van der Waals surface area contributed by atoms with Gasteiger partial charge in [0.05, 0.1) is 0 Å². The summed E-state index contributed by atoms with van der Waals surface area (Å²) in [5.41, 5.74) is 7.54. The fourth-order valence-electron chi connectivity index (χ4n) is 3.10. The minimum Gasteiger partial charge on any atom is -0.152 e. The van der Waals surface area contributed by atoms with Crippen molar-refractivity contribution in [3.05, 3.63) is 99.8 Å². The molecular formula is C30H30S. The van der Waals surface area contributed by atoms with Crippen LogP contribution >= 0.6 is 11.3 Å². The second-order valence-electron chi connectivity index (χ2n) is 8.76. The molecule has 0 aliphatic heterocycles. The first-order valence-electron chi connectivity index (χ1n) is 10.6. The third-order valence-corrected chi connectivity index (χ3v) is 5.30. The van der Waals surface area contributed by atoms with Crippen LogP contribution in [-0.2, 0) is 0 Å². The normalized spacial score (nSPS) is 12.3. The highest BCUT2D eigenvalue weighted by Gasteiger charge is 2.02. The fourth-order valence-corrected chi connectivity index (χ4v) is 3.77. The fraction of sp³-hybridized carbons (Fsp3) is 0.200. The molecule has 0 saturated carbocycles. The number of allylic oxidation sites excluding steroid dienone is 3. The number of thiophene rings is 1. The summed E-state index contributed by atoms with van der Waals surface area (Å²) in [6.07, 6.45) is 11.6. The van der Waals surface area contributed by atoms with Crippen molar-refractivity contribution in [2.24, 2.45) is 5.41 Å². The van der Waals surface area contributed by atoms with Crippen LogP contribution in [0.25, 0.3) is 29.4 Å². The lowest BCUT2D eigenvalue weighted by molar-refractivity contribution is 0.571. The monoisotopic (exact) mass is 422 g/mol. The van der Waals surface area contributed by atoms with Gasteiger partial charge in [-0.15, -0.1) is 0 Å². The summed E-state index contributed by atoms with van der Waals surface area (Å²) in [5, 5.41) is 4.31. The number of benzene rings is 2. The minimum atomic E-state index is 0.0500. The van der Waals surface area contributed by atoms with E-state index in [9.17, 15) is 0 Å². The van der Waals surface area contributed by atoms with Gasteiger partial charge in [0.1, 0.15) is 0 Å². The lowest BCUT2D eigenvalue weighted by Gasteiger charge is -2.05. The average Bonchev–Trinajstić information content (AvgIpc) is 3.27. The molecule has 3 rings (SSSR count). The van der Waals surface area contributed by atoms with E-state index in [-0.39, 0.29) is 5.41 Å². The molecule has 0 aliphatic carbocycles. The topological polar surface area (TPSA) is 0 Å². The van der Waals surface area contributed by atoms with E-state index in [2.05, 4.69) is 129 Å². The lowest BCUT2D eigenvalue weighted by Crippen LogP contribution is -1.98. The van der Waals surface area contributed by atoms with E-state index in [1.54, 1.807) is 11.3 Å². The standard InChI is InChI=1S/C30H30S/c1-24(10-6-5-7-18-30(2,3)4)20-27-13-8-11-25(21-27)15-16-26-12-9-14-28(22-26)29-17-19-31-23-29/h5-6,8-9,11-17,19-23H,10H2,1-4H3/b6-5+,16-15+,24-20-. The summed E-state index contributed by atoms with van der Waals surface area (Å²) >= 11 is 1.73. The molecule has 0 unspecified atom stereocenters. The molecule has 156 valence electrons. The van der Waals surface area contributed by atoms with Gasteiger partial charge >= 0.3 is 0 Å². The van der Waals surface area contributed by atoms with Crippen LogP contribution in [0.15, 0.2) is 83.1 Å². The number of hydrogen-bond acceptors (Lipinski definition) is 1. The SMILES string of the molecule is C/C(=C/c1cccc(/C=C/c2cccc(-c3ccsc3)c2)c1)C/C=C/C#CC(C)(C)C. The van der Waals surface area contributed by atoms with Crippen molar-refractivity contribution in [1.82, 2.24) is 0 Å². The van der Waals surface area contributed by atoms with Gasteiger partial charge in [-0.3, -0.25) is 0 Å². The summed E-state index contributed by atoms with van der Waals surface area (Å²) in [4.78, 5) is 0. The third-order valence-electron chi connectivity index (χ3n) is 4.62. The van der Waals surface area contributed by atoms with Crippen LogP contribution < -0.4 is 0 Å². The smallest absolute Gasteiger partial charge is 0.0233 e. The van der Waals surface area contributed by atoms with Crippen molar-refractivity contribution in [2.75, 3.05) is 0 Å². The maximum Gasteiger partial charge on any atom is 0.0233 e. The molecule has 0 N–H and O–H groups in total. The zero-order valence-corrected chi connectivity index (χ0v) is 19.7. The quantitative estimate of drug-likeness (QED) is 0.275. The second-order valence-corrected chi connectivity index (χ2v) is 9.54. The van der Waals surface area contributed by atoms with Gasteiger partial charge in [0.25, 0.3) is 0 Å². The van der Waals surface area contributed by atoms with E-state index >= 15 is 0 Å². The maximum atomic E-state index is 3.23. The first-order chi connectivity index (χ1) is 14.9. The van der Waals surface area contributed by atoms with E-state index in [0.717, 1.165) is 6.42 Å². The first kappa shape index (κ1) is 22.6. The van der Waals surface area contributed by atoms with Gasteiger partial charge < -0.3 is 0 Å². The molecule has 1 aromatic heterocycles. The van der Waals surface area contributed by atoms with Gasteiger partial charge in [-0.25, -0.2) is 0 Å². The number of rotatable bonds is 6. The minimum absolute atomic E-state index is 0.0500. The third kappa shape index (κ3) is 7.93. The summed E-state index contributed by atoms with van der Waals surface area (Å²) < 4.78 is 0. The Morgan fingerprint density at radius 3 is 2.32 bits per heavy atom. The Hall–Kier alpha value is -3.08. The van der Waals surface area contributed by atoms with E-state index < -0.39 is 0 Å². The van der Waals surface area contributed by atoms with Crippen LogP contribution in [0.4, 0.5) is 0 Å². The van der Waals surface area contributed by atoms with Gasteiger partial charge in [0.15, 0.2) is 0 Å². The Labute approximate surface area is 191 Å². The van der Waals surface area contributed by atoms with Crippen LogP contribution in [-0.4, -0.2) is 0 Å². The Bertz CT molecular complexity index is 1140. The predicted molar refractivity (Wildman–Crippen MR) is 140 cm³/mol. The molecule has 1 heteroatoms. The molecule has 0 bridgehead atoms. The zero-order valence-electron chi connectivity index (χ0n) is 18.9. The van der Waals surface area contributed by atoms with Crippen LogP contribution in [0.3, 0.4) is 0 Å². The summed E-state index contributed by atoms with van der Waals surface area (Å²) in [6, 6.07) is 19.5. The van der Waals surface area contributed by atoms with Gasteiger partial charge in [0, 0.05) is 5.41 Å². The van der Waals surface area contributed by atoms with Crippen molar-refractivity contribution in [3.63, 3.8) is 0 Å². The van der Waals surface area contributed by atoms with E-state index in [4.69, 9.17) is 0 Å². The molecule has 0 radical (unpaired) electrons. The van der Waals surface area contributed by atoms with Gasteiger partial charge in [-0.2, -0.15) is 11.3 Å². The van der Waals surface area contributed by atoms with Crippen LogP contribution in [0.1, 0.15) is 50.8 Å². The van der Waals surface area contributed by atoms with Crippen molar-refractivity contribution in [2.45, 2.75) is 34.1 Å². The van der Waals surface area contributed by atoms with Crippen LogP contribution in [0, 0.1) is 17.3 Å². The highest BCUT2D eigenvalue weighted by molar-refractivity contribution is 7.08. The van der Waals surface area contributed by atoms with Crippen LogP contribution in [0.2, 0.25) is 0 Å². The highest BCUT2D eigenvalue weighted by atomic mass is 32.1. The van der Waals surface area contributed by atoms with Crippen molar-refractivity contribution >= 4 is 29.6 Å². The van der Waals surface area contributed by atoms with Gasteiger partial charge in [0.2, 0.25) is 0 Å².